The van der Waals surface area contributed by atoms with Gasteiger partial charge in [0.25, 0.3) is 5.91 Å². The first kappa shape index (κ1) is 26.7. The molecule has 3 aromatic carbocycles. The van der Waals surface area contributed by atoms with Gasteiger partial charge in [0, 0.05) is 26.3 Å². The molecule has 0 aliphatic carbocycles. The minimum atomic E-state index is -0.287. The topological polar surface area (TPSA) is 90.6 Å². The van der Waals surface area contributed by atoms with Crippen LogP contribution in [0.25, 0.3) is 17.1 Å². The molecule has 0 saturated carbocycles. The van der Waals surface area contributed by atoms with Crippen LogP contribution in [0.15, 0.2) is 81.5 Å². The first-order chi connectivity index (χ1) is 18.0. The lowest BCUT2D eigenvalue weighted by Gasteiger charge is -2.11. The summed E-state index contributed by atoms with van der Waals surface area (Å²) in [5, 5.41) is 14.0. The average Bonchev–Trinajstić information content (AvgIpc) is 3.32. The fourth-order valence-corrected chi connectivity index (χ4v) is 4.63. The number of nitrogens with zero attached hydrogens (tertiary/aromatic N) is 4. The molecular formula is C26H23BrClN5O3S. The number of hydrazone groups is 1. The number of halogens is 2. The van der Waals surface area contributed by atoms with E-state index < -0.39 is 0 Å². The van der Waals surface area contributed by atoms with Crippen molar-refractivity contribution in [1.29, 1.82) is 0 Å². The lowest BCUT2D eigenvalue weighted by Crippen LogP contribution is -2.20. The van der Waals surface area contributed by atoms with Crippen molar-refractivity contribution in [2.45, 2.75) is 12.1 Å². The maximum atomic E-state index is 12.5. The molecule has 0 aliphatic rings. The van der Waals surface area contributed by atoms with E-state index in [0.29, 0.717) is 28.4 Å². The molecule has 0 bridgehead atoms. The van der Waals surface area contributed by atoms with Crippen LogP contribution in [0.3, 0.4) is 0 Å². The van der Waals surface area contributed by atoms with Crippen LogP contribution in [0.1, 0.15) is 12.5 Å². The Kier molecular flexibility index (Phi) is 9.21. The summed E-state index contributed by atoms with van der Waals surface area (Å²) in [6, 6.07) is 20.5. The number of carbonyl (C=O) groups excluding carboxylic acids is 1. The van der Waals surface area contributed by atoms with Gasteiger partial charge in [-0.25, -0.2) is 5.43 Å². The molecule has 0 radical (unpaired) electrons. The summed E-state index contributed by atoms with van der Waals surface area (Å²) in [5.74, 6) is 1.84. The molecule has 4 aromatic rings. The van der Waals surface area contributed by atoms with Crippen LogP contribution in [-0.2, 0) is 4.79 Å². The molecule has 1 amide bonds. The number of carbonyl (C=O) groups is 1. The molecule has 8 nitrogen and oxygen atoms in total. The minimum Gasteiger partial charge on any atom is -0.496 e. The van der Waals surface area contributed by atoms with Crippen LogP contribution < -0.4 is 14.9 Å². The molecule has 0 unspecified atom stereocenters. The van der Waals surface area contributed by atoms with Gasteiger partial charge in [-0.1, -0.05) is 39.3 Å². The van der Waals surface area contributed by atoms with E-state index in [-0.39, 0.29) is 11.7 Å². The van der Waals surface area contributed by atoms with Crippen LogP contribution in [0, 0.1) is 0 Å². The summed E-state index contributed by atoms with van der Waals surface area (Å²) in [4.78, 5) is 12.5. The van der Waals surface area contributed by atoms with Crippen molar-refractivity contribution in [3.63, 3.8) is 0 Å². The fraction of sp³-hybridized carbons (Fsp3) is 0.154. The SMILES string of the molecule is CCOc1ccc(-n2c(SCC(=O)NN=Cc3cc(Br)ccc3OC)nnc2-c2ccc(Cl)cc2)cc1. The second kappa shape index (κ2) is 12.8. The highest BCUT2D eigenvalue weighted by atomic mass is 79.9. The number of thioether (sulfide) groups is 1. The third-order valence-electron chi connectivity index (χ3n) is 5.06. The molecule has 1 N–H and O–H groups in total. The summed E-state index contributed by atoms with van der Waals surface area (Å²) < 4.78 is 13.7. The van der Waals surface area contributed by atoms with Crippen LogP contribution in [0.5, 0.6) is 11.5 Å². The molecule has 0 atom stereocenters. The summed E-state index contributed by atoms with van der Waals surface area (Å²) >= 11 is 10.7. The number of ether oxygens (including phenoxy) is 2. The van der Waals surface area contributed by atoms with E-state index >= 15 is 0 Å². The van der Waals surface area contributed by atoms with Gasteiger partial charge in [-0.2, -0.15) is 5.10 Å². The number of methoxy groups -OCH3 is 1. The molecule has 1 aromatic heterocycles. The van der Waals surface area contributed by atoms with Crippen molar-refractivity contribution in [2.24, 2.45) is 5.10 Å². The van der Waals surface area contributed by atoms with Gasteiger partial charge in [-0.15, -0.1) is 10.2 Å². The Morgan fingerprint density at radius 3 is 2.59 bits per heavy atom. The fourth-order valence-electron chi connectivity index (χ4n) is 3.38. The van der Waals surface area contributed by atoms with E-state index in [2.05, 4.69) is 36.7 Å². The third-order valence-corrected chi connectivity index (χ3v) is 6.73. The maximum absolute atomic E-state index is 12.5. The smallest absolute Gasteiger partial charge is 0.250 e. The summed E-state index contributed by atoms with van der Waals surface area (Å²) in [5.41, 5.74) is 4.95. The third kappa shape index (κ3) is 6.91. The highest BCUT2D eigenvalue weighted by molar-refractivity contribution is 9.10. The molecular weight excluding hydrogens is 578 g/mol. The van der Waals surface area contributed by atoms with Crippen molar-refractivity contribution in [1.82, 2.24) is 20.2 Å². The standard InChI is InChI=1S/C26H23BrClN5O3S/c1-3-36-22-11-9-21(10-12-22)33-25(17-4-7-20(28)8-5-17)31-32-26(33)37-16-24(34)30-29-15-18-14-19(27)6-13-23(18)35-2/h4-15H,3,16H2,1-2H3,(H,30,34). The van der Waals surface area contributed by atoms with Crippen molar-refractivity contribution in [3.8, 4) is 28.6 Å². The van der Waals surface area contributed by atoms with Gasteiger partial charge in [0.1, 0.15) is 11.5 Å². The largest absolute Gasteiger partial charge is 0.496 e. The predicted octanol–water partition coefficient (Wildman–Crippen LogP) is 6.00. The molecule has 0 saturated heterocycles. The Hall–Kier alpha value is -3.34. The number of hydrogen-bond donors (Lipinski definition) is 1. The molecule has 11 heteroatoms. The van der Waals surface area contributed by atoms with Crippen molar-refractivity contribution < 1.29 is 14.3 Å². The maximum Gasteiger partial charge on any atom is 0.250 e. The van der Waals surface area contributed by atoms with Crippen molar-refractivity contribution >= 4 is 51.4 Å². The van der Waals surface area contributed by atoms with Crippen molar-refractivity contribution in [3.05, 3.63) is 81.8 Å². The highest BCUT2D eigenvalue weighted by Gasteiger charge is 2.17. The Balaban J connectivity index is 1.52. The lowest BCUT2D eigenvalue weighted by atomic mass is 10.2. The Bertz CT molecular complexity index is 1390. The quantitative estimate of drug-likeness (QED) is 0.136. The van der Waals surface area contributed by atoms with Gasteiger partial charge in [-0.3, -0.25) is 9.36 Å². The zero-order valence-electron chi connectivity index (χ0n) is 20.0. The molecule has 190 valence electrons. The monoisotopic (exact) mass is 599 g/mol. The Labute approximate surface area is 232 Å². The number of benzene rings is 3. The van der Waals surface area contributed by atoms with Gasteiger partial charge in [-0.05, 0) is 73.7 Å². The van der Waals surface area contributed by atoms with E-state index in [1.807, 2.05) is 66.1 Å². The summed E-state index contributed by atoms with van der Waals surface area (Å²) in [6.45, 7) is 2.51. The molecule has 0 fully saturated rings. The van der Waals surface area contributed by atoms with E-state index in [0.717, 1.165) is 27.0 Å². The van der Waals surface area contributed by atoms with Crippen LogP contribution in [-0.4, -0.2) is 46.4 Å². The van der Waals surface area contributed by atoms with E-state index in [1.54, 1.807) is 19.2 Å². The highest BCUT2D eigenvalue weighted by Crippen LogP contribution is 2.29. The predicted molar refractivity (Wildman–Crippen MR) is 150 cm³/mol. The molecule has 0 spiro atoms. The number of aromatic nitrogens is 3. The van der Waals surface area contributed by atoms with Crippen LogP contribution >= 0.6 is 39.3 Å². The number of amides is 1. The van der Waals surface area contributed by atoms with E-state index in [4.69, 9.17) is 21.1 Å². The second-order valence-electron chi connectivity index (χ2n) is 7.54. The Morgan fingerprint density at radius 2 is 1.89 bits per heavy atom. The van der Waals surface area contributed by atoms with Crippen LogP contribution in [0.4, 0.5) is 0 Å². The molecule has 37 heavy (non-hydrogen) atoms. The number of nitrogens with one attached hydrogen (secondary N) is 1. The number of hydrogen-bond acceptors (Lipinski definition) is 7. The molecule has 0 aliphatic heterocycles. The molecule has 1 heterocycles. The van der Waals surface area contributed by atoms with E-state index in [9.17, 15) is 4.79 Å². The van der Waals surface area contributed by atoms with Crippen LogP contribution in [0.2, 0.25) is 5.02 Å². The zero-order chi connectivity index (χ0) is 26.2. The van der Waals surface area contributed by atoms with Gasteiger partial charge in [0.05, 0.1) is 25.7 Å². The minimum absolute atomic E-state index is 0.0861. The first-order valence-corrected chi connectivity index (χ1v) is 13.4. The summed E-state index contributed by atoms with van der Waals surface area (Å²) in [7, 11) is 1.58. The zero-order valence-corrected chi connectivity index (χ0v) is 23.2. The number of rotatable bonds is 10. The van der Waals surface area contributed by atoms with Gasteiger partial charge >= 0.3 is 0 Å². The Morgan fingerprint density at radius 1 is 1.14 bits per heavy atom. The van der Waals surface area contributed by atoms with Gasteiger partial charge in [0.15, 0.2) is 11.0 Å². The molecule has 4 rings (SSSR count). The second-order valence-corrected chi connectivity index (χ2v) is 9.84. The summed E-state index contributed by atoms with van der Waals surface area (Å²) in [6.07, 6.45) is 1.53. The van der Waals surface area contributed by atoms with Crippen molar-refractivity contribution in [2.75, 3.05) is 19.5 Å². The van der Waals surface area contributed by atoms with E-state index in [1.165, 1.54) is 18.0 Å². The van der Waals surface area contributed by atoms with Gasteiger partial charge in [0.2, 0.25) is 0 Å². The van der Waals surface area contributed by atoms with Gasteiger partial charge < -0.3 is 9.47 Å². The lowest BCUT2D eigenvalue weighted by molar-refractivity contribution is -0.118. The average molecular weight is 601 g/mol. The normalized spacial score (nSPS) is 11.0. The first-order valence-electron chi connectivity index (χ1n) is 11.2.